The molecular formula is C12H16FN3O2. The van der Waals surface area contributed by atoms with Gasteiger partial charge in [0, 0.05) is 19.0 Å². The van der Waals surface area contributed by atoms with Gasteiger partial charge in [-0.25, -0.2) is 4.98 Å². The number of rotatable bonds is 5. The first kappa shape index (κ1) is 14.1. The number of pyridine rings is 1. The zero-order valence-electron chi connectivity index (χ0n) is 10.4. The molecule has 2 amide bonds. The number of aromatic nitrogens is 1. The highest BCUT2D eigenvalue weighted by molar-refractivity contribution is 5.92. The highest BCUT2D eigenvalue weighted by Crippen LogP contribution is 1.97. The van der Waals surface area contributed by atoms with E-state index in [9.17, 15) is 14.0 Å². The third kappa shape index (κ3) is 4.90. The van der Waals surface area contributed by atoms with Gasteiger partial charge in [-0.1, -0.05) is 6.07 Å². The molecule has 1 aromatic heterocycles. The molecule has 0 atom stereocenters. The molecule has 1 heterocycles. The van der Waals surface area contributed by atoms with Gasteiger partial charge in [-0.2, -0.15) is 4.39 Å². The molecule has 5 nitrogen and oxygen atoms in total. The second-order valence-electron chi connectivity index (χ2n) is 4.07. The minimum atomic E-state index is -0.708. The normalized spacial score (nSPS) is 10.2. The van der Waals surface area contributed by atoms with Crippen molar-refractivity contribution in [3.63, 3.8) is 0 Å². The van der Waals surface area contributed by atoms with E-state index in [1.807, 2.05) is 13.8 Å². The number of carbonyl (C=O) groups excluding carboxylic acids is 2. The van der Waals surface area contributed by atoms with Crippen LogP contribution in [0.25, 0.3) is 0 Å². The Morgan fingerprint density at radius 1 is 1.39 bits per heavy atom. The van der Waals surface area contributed by atoms with E-state index in [4.69, 9.17) is 0 Å². The van der Waals surface area contributed by atoms with Crippen molar-refractivity contribution in [3.8, 4) is 0 Å². The molecule has 0 aliphatic heterocycles. The van der Waals surface area contributed by atoms with Crippen molar-refractivity contribution in [1.82, 2.24) is 15.6 Å². The molecule has 2 N–H and O–H groups in total. The topological polar surface area (TPSA) is 71.1 Å². The molecular weight excluding hydrogens is 237 g/mol. The van der Waals surface area contributed by atoms with Crippen molar-refractivity contribution in [2.75, 3.05) is 6.54 Å². The fraction of sp³-hybridized carbons (Fsp3) is 0.417. The van der Waals surface area contributed by atoms with Crippen LogP contribution in [0.4, 0.5) is 4.39 Å². The van der Waals surface area contributed by atoms with E-state index in [0.29, 0.717) is 0 Å². The Labute approximate surface area is 105 Å². The number of nitrogens with one attached hydrogen (secondary N) is 2. The minimum absolute atomic E-state index is 0.000678. The number of halogens is 1. The summed E-state index contributed by atoms with van der Waals surface area (Å²) in [4.78, 5) is 26.3. The molecule has 0 radical (unpaired) electrons. The summed E-state index contributed by atoms with van der Waals surface area (Å²) in [5, 5.41) is 5.20. The lowest BCUT2D eigenvalue weighted by Crippen LogP contribution is -2.34. The summed E-state index contributed by atoms with van der Waals surface area (Å²) in [5.41, 5.74) is -0.000678. The molecule has 0 aliphatic carbocycles. The highest BCUT2D eigenvalue weighted by Gasteiger charge is 2.08. The van der Waals surface area contributed by atoms with Crippen LogP contribution in [0.3, 0.4) is 0 Å². The third-order valence-corrected chi connectivity index (χ3v) is 2.04. The predicted octanol–water partition coefficient (Wildman–Crippen LogP) is 0.865. The Kier molecular flexibility index (Phi) is 5.23. The predicted molar refractivity (Wildman–Crippen MR) is 64.4 cm³/mol. The van der Waals surface area contributed by atoms with E-state index in [2.05, 4.69) is 15.6 Å². The van der Waals surface area contributed by atoms with Gasteiger partial charge in [-0.3, -0.25) is 9.59 Å². The fourth-order valence-corrected chi connectivity index (χ4v) is 1.31. The van der Waals surface area contributed by atoms with Crippen molar-refractivity contribution >= 4 is 11.8 Å². The summed E-state index contributed by atoms with van der Waals surface area (Å²) in [5.74, 6) is -1.34. The van der Waals surface area contributed by atoms with Crippen molar-refractivity contribution in [2.45, 2.75) is 26.3 Å². The molecule has 0 aliphatic rings. The lowest BCUT2D eigenvalue weighted by molar-refractivity contribution is -0.121. The van der Waals surface area contributed by atoms with Crippen LogP contribution in [0.5, 0.6) is 0 Å². The molecule has 1 aromatic rings. The average Bonchev–Trinajstić information content (AvgIpc) is 2.27. The van der Waals surface area contributed by atoms with Crippen LogP contribution in [0.2, 0.25) is 0 Å². The van der Waals surface area contributed by atoms with Crippen LogP contribution in [-0.4, -0.2) is 29.4 Å². The molecule has 1 rings (SSSR count). The number of nitrogens with zero attached hydrogens (tertiary/aromatic N) is 1. The number of hydrogen-bond acceptors (Lipinski definition) is 3. The van der Waals surface area contributed by atoms with Gasteiger partial charge in [0.2, 0.25) is 11.9 Å². The summed E-state index contributed by atoms with van der Waals surface area (Å²) in [6.45, 7) is 3.90. The summed E-state index contributed by atoms with van der Waals surface area (Å²) < 4.78 is 12.8. The zero-order valence-corrected chi connectivity index (χ0v) is 10.4. The second kappa shape index (κ2) is 6.68. The van der Waals surface area contributed by atoms with Gasteiger partial charge in [0.1, 0.15) is 5.69 Å². The molecule has 0 aromatic carbocycles. The Morgan fingerprint density at radius 2 is 2.11 bits per heavy atom. The maximum atomic E-state index is 12.8. The highest BCUT2D eigenvalue weighted by atomic mass is 19.1. The van der Waals surface area contributed by atoms with Crippen LogP contribution in [0, 0.1) is 5.95 Å². The summed E-state index contributed by atoms with van der Waals surface area (Å²) in [6, 6.07) is 4.04. The van der Waals surface area contributed by atoms with Crippen LogP contribution >= 0.6 is 0 Å². The third-order valence-electron chi connectivity index (χ3n) is 2.04. The summed E-state index contributed by atoms with van der Waals surface area (Å²) in [6.07, 6.45) is 0.180. The largest absolute Gasteiger partial charge is 0.354 e. The summed E-state index contributed by atoms with van der Waals surface area (Å²) >= 11 is 0. The maximum Gasteiger partial charge on any atom is 0.270 e. The minimum Gasteiger partial charge on any atom is -0.354 e. The SMILES string of the molecule is CC(C)NC(=O)CCNC(=O)c1cccc(F)n1. The van der Waals surface area contributed by atoms with E-state index >= 15 is 0 Å². The van der Waals surface area contributed by atoms with Crippen molar-refractivity contribution < 1.29 is 14.0 Å². The molecule has 98 valence electrons. The standard InChI is InChI=1S/C12H16FN3O2/c1-8(2)15-11(17)6-7-14-12(18)9-4-3-5-10(13)16-9/h3-5,8H,6-7H2,1-2H3,(H,14,18)(H,15,17). The number of amides is 2. The quantitative estimate of drug-likeness (QED) is 0.765. The number of carbonyl (C=O) groups is 2. The zero-order chi connectivity index (χ0) is 13.5. The van der Waals surface area contributed by atoms with E-state index in [1.54, 1.807) is 0 Å². The Balaban J connectivity index is 2.36. The van der Waals surface area contributed by atoms with Gasteiger partial charge in [-0.15, -0.1) is 0 Å². The second-order valence-corrected chi connectivity index (χ2v) is 4.07. The van der Waals surface area contributed by atoms with Crippen molar-refractivity contribution in [2.24, 2.45) is 0 Å². The number of hydrogen-bond donors (Lipinski definition) is 2. The molecule has 0 unspecified atom stereocenters. The van der Waals surface area contributed by atoms with E-state index < -0.39 is 11.9 Å². The van der Waals surface area contributed by atoms with Crippen LogP contribution in [0.1, 0.15) is 30.8 Å². The van der Waals surface area contributed by atoms with Gasteiger partial charge in [0.15, 0.2) is 0 Å². The van der Waals surface area contributed by atoms with Crippen LogP contribution in [0.15, 0.2) is 18.2 Å². The molecule has 0 saturated heterocycles. The molecule has 0 spiro atoms. The molecule has 0 saturated carbocycles. The average molecular weight is 253 g/mol. The van der Waals surface area contributed by atoms with E-state index in [1.165, 1.54) is 12.1 Å². The van der Waals surface area contributed by atoms with E-state index in [-0.39, 0.29) is 30.6 Å². The Bertz CT molecular complexity index is 435. The lowest BCUT2D eigenvalue weighted by atomic mass is 10.3. The lowest BCUT2D eigenvalue weighted by Gasteiger charge is -2.08. The van der Waals surface area contributed by atoms with Gasteiger partial charge >= 0.3 is 0 Å². The first-order valence-electron chi connectivity index (χ1n) is 5.69. The first-order valence-corrected chi connectivity index (χ1v) is 5.69. The van der Waals surface area contributed by atoms with Crippen LogP contribution < -0.4 is 10.6 Å². The smallest absolute Gasteiger partial charge is 0.270 e. The van der Waals surface area contributed by atoms with E-state index in [0.717, 1.165) is 6.07 Å². The maximum absolute atomic E-state index is 12.8. The van der Waals surface area contributed by atoms with Gasteiger partial charge in [0.05, 0.1) is 0 Å². The molecule has 18 heavy (non-hydrogen) atoms. The van der Waals surface area contributed by atoms with Crippen molar-refractivity contribution in [1.29, 1.82) is 0 Å². The fourth-order valence-electron chi connectivity index (χ4n) is 1.31. The van der Waals surface area contributed by atoms with Gasteiger partial charge in [0.25, 0.3) is 5.91 Å². The van der Waals surface area contributed by atoms with Crippen LogP contribution in [-0.2, 0) is 4.79 Å². The van der Waals surface area contributed by atoms with Crippen molar-refractivity contribution in [3.05, 3.63) is 29.8 Å². The summed E-state index contributed by atoms with van der Waals surface area (Å²) in [7, 11) is 0. The van der Waals surface area contributed by atoms with Gasteiger partial charge < -0.3 is 10.6 Å². The monoisotopic (exact) mass is 253 g/mol. The molecule has 0 bridgehead atoms. The first-order chi connectivity index (χ1) is 8.49. The molecule has 6 heteroatoms. The molecule has 0 fully saturated rings. The van der Waals surface area contributed by atoms with Gasteiger partial charge in [-0.05, 0) is 26.0 Å². The Morgan fingerprint density at radius 3 is 2.72 bits per heavy atom. The Hall–Kier alpha value is -1.98.